The summed E-state index contributed by atoms with van der Waals surface area (Å²) in [5, 5.41) is 12.4. The number of thioether (sulfide) groups is 1. The van der Waals surface area contributed by atoms with E-state index < -0.39 is 5.76 Å². The summed E-state index contributed by atoms with van der Waals surface area (Å²) in [6.07, 6.45) is 1.60. The number of furan rings is 1. The summed E-state index contributed by atoms with van der Waals surface area (Å²) in [6.45, 7) is 1.46. The molecule has 1 fully saturated rings. The van der Waals surface area contributed by atoms with Gasteiger partial charge in [0.1, 0.15) is 11.5 Å². The van der Waals surface area contributed by atoms with E-state index in [0.29, 0.717) is 30.0 Å². The molecule has 102 valence electrons. The molecule has 18 heavy (non-hydrogen) atoms. The fourth-order valence-electron chi connectivity index (χ4n) is 2.01. The minimum absolute atomic E-state index is 0.126. The predicted octanol–water partition coefficient (Wildman–Crippen LogP) is 2.60. The topological polar surface area (TPSA) is 45.4 Å². The number of alkyl halides is 2. The molecule has 0 amide bonds. The zero-order valence-electron chi connectivity index (χ0n) is 9.94. The molecule has 1 aromatic heterocycles. The number of aliphatic hydroxyl groups excluding tert-OH is 1. The van der Waals surface area contributed by atoms with Crippen LogP contribution in [0.4, 0.5) is 8.78 Å². The van der Waals surface area contributed by atoms with Gasteiger partial charge in [-0.3, -0.25) is 0 Å². The molecule has 1 aliphatic rings. The van der Waals surface area contributed by atoms with Crippen LogP contribution in [0.1, 0.15) is 24.4 Å². The Morgan fingerprint density at radius 2 is 2.11 bits per heavy atom. The molecule has 1 saturated carbocycles. The molecular formula is C12H17F2NO2S. The molecule has 1 aliphatic carbocycles. The molecule has 0 bridgehead atoms. The molecule has 2 rings (SSSR count). The first-order valence-electron chi connectivity index (χ1n) is 5.99. The lowest BCUT2D eigenvalue weighted by atomic mass is 9.82. The number of hydrogen-bond donors (Lipinski definition) is 2. The standard InChI is InChI=1S/C12H17F2NO2S/c13-12(14)18-7-11-2-1-10(17-11)6-15-5-8-3-9(16)4-8/h1-2,8-9,12,15-16H,3-7H2. The Balaban J connectivity index is 1.63. The summed E-state index contributed by atoms with van der Waals surface area (Å²) in [5.41, 5.74) is 0. The Hall–Kier alpha value is -0.590. The lowest BCUT2D eigenvalue weighted by Crippen LogP contribution is -2.35. The second kappa shape index (κ2) is 6.54. The average molecular weight is 277 g/mol. The van der Waals surface area contributed by atoms with E-state index >= 15 is 0 Å². The van der Waals surface area contributed by atoms with E-state index in [1.165, 1.54) is 0 Å². The molecule has 0 unspecified atom stereocenters. The molecule has 0 saturated heterocycles. The van der Waals surface area contributed by atoms with Crippen molar-refractivity contribution >= 4 is 11.8 Å². The van der Waals surface area contributed by atoms with Crippen LogP contribution in [-0.2, 0) is 12.3 Å². The van der Waals surface area contributed by atoms with Crippen LogP contribution in [-0.4, -0.2) is 23.5 Å². The number of hydrogen-bond acceptors (Lipinski definition) is 4. The zero-order valence-corrected chi connectivity index (χ0v) is 10.8. The van der Waals surface area contributed by atoms with E-state index in [4.69, 9.17) is 9.52 Å². The summed E-state index contributed by atoms with van der Waals surface area (Å²) in [5.74, 6) is -0.270. The van der Waals surface area contributed by atoms with E-state index in [0.717, 1.165) is 25.1 Å². The first-order valence-corrected chi connectivity index (χ1v) is 7.04. The summed E-state index contributed by atoms with van der Waals surface area (Å²) in [7, 11) is 0. The van der Waals surface area contributed by atoms with Crippen molar-refractivity contribution in [1.82, 2.24) is 5.32 Å². The number of rotatable bonds is 7. The fourth-order valence-corrected chi connectivity index (χ4v) is 2.45. The summed E-state index contributed by atoms with van der Waals surface area (Å²) in [4.78, 5) is 0. The number of aliphatic hydroxyl groups is 1. The SMILES string of the molecule is OC1CC(CNCc2ccc(CSC(F)F)o2)C1. The molecule has 1 heterocycles. The highest BCUT2D eigenvalue weighted by Gasteiger charge is 2.26. The van der Waals surface area contributed by atoms with Crippen LogP contribution in [0.5, 0.6) is 0 Å². The van der Waals surface area contributed by atoms with Crippen molar-refractivity contribution in [3.63, 3.8) is 0 Å². The van der Waals surface area contributed by atoms with Crippen molar-refractivity contribution in [1.29, 1.82) is 0 Å². The van der Waals surface area contributed by atoms with Crippen LogP contribution < -0.4 is 5.32 Å². The Labute approximate surface area is 109 Å². The van der Waals surface area contributed by atoms with Crippen LogP contribution in [0.3, 0.4) is 0 Å². The molecule has 6 heteroatoms. The zero-order chi connectivity index (χ0) is 13.0. The summed E-state index contributed by atoms with van der Waals surface area (Å²) < 4.78 is 29.4. The van der Waals surface area contributed by atoms with Crippen LogP contribution >= 0.6 is 11.8 Å². The van der Waals surface area contributed by atoms with E-state index in [1.54, 1.807) is 6.07 Å². The van der Waals surface area contributed by atoms with Gasteiger partial charge in [0.25, 0.3) is 5.76 Å². The van der Waals surface area contributed by atoms with Gasteiger partial charge in [0.05, 0.1) is 18.4 Å². The first kappa shape index (κ1) is 13.8. The minimum atomic E-state index is -2.36. The number of halogens is 2. The number of nitrogens with one attached hydrogen (secondary N) is 1. The molecule has 1 aromatic rings. The van der Waals surface area contributed by atoms with Gasteiger partial charge in [-0.05, 0) is 37.4 Å². The van der Waals surface area contributed by atoms with Gasteiger partial charge in [0.15, 0.2) is 0 Å². The fraction of sp³-hybridized carbons (Fsp3) is 0.667. The van der Waals surface area contributed by atoms with E-state index in [9.17, 15) is 8.78 Å². The third kappa shape index (κ3) is 4.26. The predicted molar refractivity (Wildman–Crippen MR) is 66.4 cm³/mol. The lowest BCUT2D eigenvalue weighted by molar-refractivity contribution is 0.0428. The Morgan fingerprint density at radius 3 is 2.78 bits per heavy atom. The van der Waals surface area contributed by atoms with Crippen molar-refractivity contribution in [2.75, 3.05) is 6.54 Å². The first-order chi connectivity index (χ1) is 8.63. The Kier molecular flexibility index (Phi) is 5.03. The highest BCUT2D eigenvalue weighted by atomic mass is 32.2. The highest BCUT2D eigenvalue weighted by molar-refractivity contribution is 7.98. The van der Waals surface area contributed by atoms with Crippen molar-refractivity contribution in [3.05, 3.63) is 23.7 Å². The van der Waals surface area contributed by atoms with Crippen LogP contribution in [0.15, 0.2) is 16.5 Å². The normalized spacial score (nSPS) is 23.3. The van der Waals surface area contributed by atoms with Gasteiger partial charge < -0.3 is 14.8 Å². The van der Waals surface area contributed by atoms with Crippen molar-refractivity contribution in [3.8, 4) is 0 Å². The van der Waals surface area contributed by atoms with Gasteiger partial charge in [-0.2, -0.15) is 8.78 Å². The van der Waals surface area contributed by atoms with Gasteiger partial charge in [0.2, 0.25) is 0 Å². The third-order valence-corrected chi connectivity index (χ3v) is 3.72. The third-order valence-electron chi connectivity index (χ3n) is 3.01. The van der Waals surface area contributed by atoms with Crippen LogP contribution in [0.25, 0.3) is 0 Å². The average Bonchev–Trinajstić information content (AvgIpc) is 2.72. The monoisotopic (exact) mass is 277 g/mol. The molecular weight excluding hydrogens is 260 g/mol. The highest BCUT2D eigenvalue weighted by Crippen LogP contribution is 2.26. The van der Waals surface area contributed by atoms with E-state index in [-0.39, 0.29) is 11.9 Å². The second-order valence-electron chi connectivity index (χ2n) is 4.56. The van der Waals surface area contributed by atoms with Crippen molar-refractivity contribution in [2.45, 2.75) is 37.0 Å². The smallest absolute Gasteiger partial charge is 0.284 e. The largest absolute Gasteiger partial charge is 0.464 e. The van der Waals surface area contributed by atoms with E-state index in [2.05, 4.69) is 5.32 Å². The maximum atomic E-state index is 12.0. The molecule has 2 N–H and O–H groups in total. The summed E-state index contributed by atoms with van der Waals surface area (Å²) >= 11 is 0.564. The molecule has 0 atom stereocenters. The maximum absolute atomic E-state index is 12.0. The molecule has 3 nitrogen and oxygen atoms in total. The van der Waals surface area contributed by atoms with Gasteiger partial charge in [-0.1, -0.05) is 11.8 Å². The second-order valence-corrected chi connectivity index (χ2v) is 5.54. The summed E-state index contributed by atoms with van der Waals surface area (Å²) in [6, 6.07) is 3.55. The van der Waals surface area contributed by atoms with Crippen molar-refractivity contribution < 1.29 is 18.3 Å². The van der Waals surface area contributed by atoms with Crippen LogP contribution in [0, 0.1) is 5.92 Å². The van der Waals surface area contributed by atoms with Crippen molar-refractivity contribution in [2.24, 2.45) is 5.92 Å². The molecule has 0 aliphatic heterocycles. The van der Waals surface area contributed by atoms with Gasteiger partial charge in [-0.15, -0.1) is 0 Å². The van der Waals surface area contributed by atoms with Gasteiger partial charge in [-0.25, -0.2) is 0 Å². The van der Waals surface area contributed by atoms with Gasteiger partial charge >= 0.3 is 0 Å². The Morgan fingerprint density at radius 1 is 1.39 bits per heavy atom. The van der Waals surface area contributed by atoms with E-state index in [1.807, 2.05) is 6.07 Å². The molecule has 0 aromatic carbocycles. The quantitative estimate of drug-likeness (QED) is 0.804. The minimum Gasteiger partial charge on any atom is -0.464 e. The Bertz CT molecular complexity index is 367. The lowest BCUT2D eigenvalue weighted by Gasteiger charge is -2.31. The maximum Gasteiger partial charge on any atom is 0.284 e. The molecule has 0 spiro atoms. The molecule has 0 radical (unpaired) electrons. The van der Waals surface area contributed by atoms with Gasteiger partial charge in [0, 0.05) is 0 Å². The van der Waals surface area contributed by atoms with Crippen LogP contribution in [0.2, 0.25) is 0 Å².